The van der Waals surface area contributed by atoms with Gasteiger partial charge in [-0.1, -0.05) is 13.8 Å². The molecule has 0 aliphatic rings. The van der Waals surface area contributed by atoms with Gasteiger partial charge in [0.25, 0.3) is 5.91 Å². The number of benzene rings is 1. The first-order valence-electron chi connectivity index (χ1n) is 9.61. The van der Waals surface area contributed by atoms with E-state index in [1.807, 2.05) is 33.8 Å². The predicted molar refractivity (Wildman–Crippen MR) is 112 cm³/mol. The summed E-state index contributed by atoms with van der Waals surface area (Å²) in [5, 5.41) is 9.88. The number of nitrogens with zero attached hydrogens (tertiary/aromatic N) is 3. The maximum absolute atomic E-state index is 13.1. The highest BCUT2D eigenvalue weighted by Gasteiger charge is 2.25. The third kappa shape index (κ3) is 4.89. The second-order valence-corrected chi connectivity index (χ2v) is 7.44. The summed E-state index contributed by atoms with van der Waals surface area (Å²) in [6.45, 7) is 7.51. The molecule has 1 aromatic carbocycles. The maximum atomic E-state index is 13.1. The summed E-state index contributed by atoms with van der Waals surface area (Å²) in [7, 11) is 0. The minimum absolute atomic E-state index is 0.156. The van der Waals surface area contributed by atoms with Crippen LogP contribution in [0.1, 0.15) is 35.6 Å². The summed E-state index contributed by atoms with van der Waals surface area (Å²) in [6, 6.07) is 9.84. The fraction of sp³-hybridized carbons (Fsp3) is 0.273. The van der Waals surface area contributed by atoms with Crippen molar-refractivity contribution in [1.29, 1.82) is 0 Å². The highest BCUT2D eigenvalue weighted by Crippen LogP contribution is 2.14. The average molecular weight is 409 g/mol. The Kier molecular flexibility index (Phi) is 6.25. The lowest BCUT2D eigenvalue weighted by molar-refractivity contribution is -0.118. The zero-order valence-electron chi connectivity index (χ0n) is 17.3. The fourth-order valence-electron chi connectivity index (χ4n) is 3.03. The number of aryl methyl sites for hydroxylation is 2. The quantitative estimate of drug-likeness (QED) is 0.653. The number of carbonyl (C=O) groups excluding carboxylic acids is 2. The Hall–Kier alpha value is -3.55. The zero-order chi connectivity index (χ0) is 21.8. The second-order valence-electron chi connectivity index (χ2n) is 7.44. The SMILES string of the molecule is Cc1cc(C)n(-c2ccc(NC(=O)C(NC(=O)c3ccc(F)cc3)C(C)C)cn2)n1. The van der Waals surface area contributed by atoms with E-state index >= 15 is 0 Å². The van der Waals surface area contributed by atoms with Crippen LogP contribution in [0.3, 0.4) is 0 Å². The van der Waals surface area contributed by atoms with Crippen LogP contribution in [0.15, 0.2) is 48.7 Å². The summed E-state index contributed by atoms with van der Waals surface area (Å²) in [4.78, 5) is 29.5. The number of aromatic nitrogens is 3. The summed E-state index contributed by atoms with van der Waals surface area (Å²) in [5.41, 5.74) is 2.64. The van der Waals surface area contributed by atoms with Crippen LogP contribution in [-0.4, -0.2) is 32.6 Å². The Morgan fingerprint density at radius 3 is 2.30 bits per heavy atom. The van der Waals surface area contributed by atoms with Gasteiger partial charge in [-0.3, -0.25) is 9.59 Å². The number of hydrogen-bond acceptors (Lipinski definition) is 4. The van der Waals surface area contributed by atoms with Crippen LogP contribution in [0.5, 0.6) is 0 Å². The van der Waals surface area contributed by atoms with Crippen molar-refractivity contribution < 1.29 is 14.0 Å². The van der Waals surface area contributed by atoms with Gasteiger partial charge in [-0.25, -0.2) is 14.1 Å². The number of anilines is 1. The zero-order valence-corrected chi connectivity index (χ0v) is 17.3. The molecule has 2 amide bonds. The molecule has 0 bridgehead atoms. The molecule has 8 heteroatoms. The van der Waals surface area contributed by atoms with Crippen LogP contribution in [0, 0.1) is 25.6 Å². The Bertz CT molecular complexity index is 1040. The summed E-state index contributed by atoms with van der Waals surface area (Å²) in [5.74, 6) is -0.746. The first kappa shape index (κ1) is 21.2. The third-order valence-corrected chi connectivity index (χ3v) is 4.58. The molecular weight excluding hydrogens is 385 g/mol. The molecule has 3 rings (SSSR count). The molecule has 30 heavy (non-hydrogen) atoms. The van der Waals surface area contributed by atoms with Gasteiger partial charge in [0.05, 0.1) is 17.6 Å². The first-order valence-corrected chi connectivity index (χ1v) is 9.61. The Morgan fingerprint density at radius 2 is 1.77 bits per heavy atom. The molecule has 2 N–H and O–H groups in total. The smallest absolute Gasteiger partial charge is 0.251 e. The normalized spacial score (nSPS) is 11.9. The lowest BCUT2D eigenvalue weighted by Crippen LogP contribution is -2.47. The average Bonchev–Trinajstić information content (AvgIpc) is 3.04. The number of hydrogen-bond donors (Lipinski definition) is 2. The number of pyridine rings is 1. The van der Waals surface area contributed by atoms with E-state index < -0.39 is 17.8 Å². The van der Waals surface area contributed by atoms with Crippen molar-refractivity contribution in [3.05, 3.63) is 71.4 Å². The molecule has 3 aromatic rings. The number of amides is 2. The van der Waals surface area contributed by atoms with E-state index in [4.69, 9.17) is 0 Å². The van der Waals surface area contributed by atoms with E-state index in [1.165, 1.54) is 24.3 Å². The fourth-order valence-corrected chi connectivity index (χ4v) is 3.03. The van der Waals surface area contributed by atoms with Gasteiger partial charge in [0.15, 0.2) is 5.82 Å². The molecule has 7 nitrogen and oxygen atoms in total. The Balaban J connectivity index is 1.69. The Labute approximate surface area is 174 Å². The molecule has 0 aliphatic carbocycles. The van der Waals surface area contributed by atoms with Crippen molar-refractivity contribution in [2.75, 3.05) is 5.32 Å². The van der Waals surface area contributed by atoms with E-state index in [0.717, 1.165) is 11.4 Å². The van der Waals surface area contributed by atoms with E-state index in [-0.39, 0.29) is 17.4 Å². The number of nitrogens with one attached hydrogen (secondary N) is 2. The van der Waals surface area contributed by atoms with Crippen molar-refractivity contribution in [3.63, 3.8) is 0 Å². The number of rotatable bonds is 6. The van der Waals surface area contributed by atoms with E-state index in [1.54, 1.807) is 23.0 Å². The highest BCUT2D eigenvalue weighted by molar-refractivity contribution is 6.01. The molecule has 0 saturated heterocycles. The van der Waals surface area contributed by atoms with Crippen LogP contribution in [0.25, 0.3) is 5.82 Å². The van der Waals surface area contributed by atoms with Crippen molar-refractivity contribution in [2.45, 2.75) is 33.7 Å². The molecule has 1 unspecified atom stereocenters. The molecule has 0 saturated carbocycles. The van der Waals surface area contributed by atoms with Crippen LogP contribution < -0.4 is 10.6 Å². The van der Waals surface area contributed by atoms with Gasteiger partial charge in [0.2, 0.25) is 5.91 Å². The lowest BCUT2D eigenvalue weighted by atomic mass is 10.0. The molecule has 0 fully saturated rings. The standard InChI is InChI=1S/C22H24FN5O2/c1-13(2)20(26-21(29)16-5-7-17(23)8-6-16)22(30)25-18-9-10-19(24-12-18)28-15(4)11-14(3)27-28/h5-13,20H,1-4H3,(H,25,30)(H,26,29). The molecule has 156 valence electrons. The summed E-state index contributed by atoms with van der Waals surface area (Å²) >= 11 is 0. The molecule has 2 aromatic heterocycles. The van der Waals surface area contributed by atoms with Crippen molar-refractivity contribution in [2.24, 2.45) is 5.92 Å². The van der Waals surface area contributed by atoms with Crippen LogP contribution >= 0.6 is 0 Å². The van der Waals surface area contributed by atoms with Gasteiger partial charge < -0.3 is 10.6 Å². The van der Waals surface area contributed by atoms with Crippen molar-refractivity contribution in [3.8, 4) is 5.82 Å². The minimum Gasteiger partial charge on any atom is -0.340 e. The van der Waals surface area contributed by atoms with Crippen molar-refractivity contribution >= 4 is 17.5 Å². The number of carbonyl (C=O) groups is 2. The number of halogens is 1. The minimum atomic E-state index is -0.766. The monoisotopic (exact) mass is 409 g/mol. The van der Waals surface area contributed by atoms with Gasteiger partial charge in [-0.15, -0.1) is 0 Å². The van der Waals surface area contributed by atoms with Crippen molar-refractivity contribution in [1.82, 2.24) is 20.1 Å². The third-order valence-electron chi connectivity index (χ3n) is 4.58. The topological polar surface area (TPSA) is 88.9 Å². The van der Waals surface area contributed by atoms with Gasteiger partial charge in [0.1, 0.15) is 11.9 Å². The molecular formula is C22H24FN5O2. The molecule has 2 heterocycles. The predicted octanol–water partition coefficient (Wildman–Crippen LogP) is 3.42. The van der Waals surface area contributed by atoms with Gasteiger partial charge >= 0.3 is 0 Å². The second kappa shape index (κ2) is 8.86. The summed E-state index contributed by atoms with van der Waals surface area (Å²) in [6.07, 6.45) is 1.54. The largest absolute Gasteiger partial charge is 0.340 e. The van der Waals surface area contributed by atoms with Gasteiger partial charge in [-0.05, 0) is 62.2 Å². The van der Waals surface area contributed by atoms with E-state index in [0.29, 0.717) is 11.5 Å². The van der Waals surface area contributed by atoms with E-state index in [2.05, 4.69) is 20.7 Å². The Morgan fingerprint density at radius 1 is 1.07 bits per heavy atom. The molecule has 0 spiro atoms. The molecule has 1 atom stereocenters. The van der Waals surface area contributed by atoms with E-state index in [9.17, 15) is 14.0 Å². The van der Waals surface area contributed by atoms with Crippen LogP contribution in [0.4, 0.5) is 10.1 Å². The van der Waals surface area contributed by atoms with Gasteiger partial charge in [0, 0.05) is 11.3 Å². The maximum Gasteiger partial charge on any atom is 0.251 e. The van der Waals surface area contributed by atoms with Gasteiger partial charge in [-0.2, -0.15) is 5.10 Å². The molecule has 0 radical (unpaired) electrons. The first-order chi connectivity index (χ1) is 14.2. The summed E-state index contributed by atoms with van der Waals surface area (Å²) < 4.78 is 14.8. The van der Waals surface area contributed by atoms with Crippen LogP contribution in [0.2, 0.25) is 0 Å². The molecule has 0 aliphatic heterocycles. The van der Waals surface area contributed by atoms with Crippen LogP contribution in [-0.2, 0) is 4.79 Å². The lowest BCUT2D eigenvalue weighted by Gasteiger charge is -2.21. The highest BCUT2D eigenvalue weighted by atomic mass is 19.1.